The maximum absolute atomic E-state index is 5.84. The van der Waals surface area contributed by atoms with Crippen molar-refractivity contribution in [2.75, 3.05) is 6.54 Å². The molecule has 88 valence electrons. The number of thiazole rings is 1. The van der Waals surface area contributed by atoms with Crippen LogP contribution >= 0.6 is 22.9 Å². The Kier molecular flexibility index (Phi) is 3.14. The van der Waals surface area contributed by atoms with E-state index in [0.717, 1.165) is 22.4 Å². The van der Waals surface area contributed by atoms with Crippen molar-refractivity contribution in [2.24, 2.45) is 0 Å². The Morgan fingerprint density at radius 2 is 2.29 bits per heavy atom. The first kappa shape index (κ1) is 11.2. The predicted octanol–water partition coefficient (Wildman–Crippen LogP) is 3.23. The summed E-state index contributed by atoms with van der Waals surface area (Å²) in [6.45, 7) is 1.84. The number of rotatable bonds is 4. The number of fused-ring (bicyclic) bond motifs is 1. The van der Waals surface area contributed by atoms with Crippen LogP contribution < -0.4 is 5.32 Å². The van der Waals surface area contributed by atoms with Crippen molar-refractivity contribution >= 4 is 22.9 Å². The third kappa shape index (κ3) is 2.37. The highest BCUT2D eigenvalue weighted by atomic mass is 35.5. The summed E-state index contributed by atoms with van der Waals surface area (Å²) in [5, 5.41) is 4.51. The highest BCUT2D eigenvalue weighted by Gasteiger charge is 2.24. The molecule has 1 heterocycles. The Morgan fingerprint density at radius 3 is 3.06 bits per heavy atom. The van der Waals surface area contributed by atoms with Crippen LogP contribution in [0.2, 0.25) is 4.34 Å². The summed E-state index contributed by atoms with van der Waals surface area (Å²) >= 11 is 7.38. The first-order valence-electron chi connectivity index (χ1n) is 5.71. The van der Waals surface area contributed by atoms with Crippen molar-refractivity contribution in [3.8, 4) is 0 Å². The molecule has 4 heteroatoms. The summed E-state index contributed by atoms with van der Waals surface area (Å²) in [7, 11) is 0. The molecule has 2 aromatic rings. The lowest BCUT2D eigenvalue weighted by Gasteiger charge is -2.30. The fourth-order valence-electron chi connectivity index (χ4n) is 2.27. The molecule has 1 N–H and O–H groups in total. The summed E-state index contributed by atoms with van der Waals surface area (Å²) in [4.78, 5) is 4.22. The maximum atomic E-state index is 5.84. The number of nitrogens with one attached hydrogen (secondary N) is 1. The fourth-order valence-corrected chi connectivity index (χ4v) is 3.19. The standard InChI is InChI=1S/C13H13ClN2S/c14-12-7-16-13(17-12)8-15-6-10-5-9-3-1-2-4-11(9)10/h1-4,7,10,15H,5-6,8H2. The minimum absolute atomic E-state index is 0.668. The maximum Gasteiger partial charge on any atom is 0.113 e. The van der Waals surface area contributed by atoms with E-state index in [1.807, 2.05) is 0 Å². The van der Waals surface area contributed by atoms with Crippen molar-refractivity contribution in [2.45, 2.75) is 18.9 Å². The van der Waals surface area contributed by atoms with Gasteiger partial charge in [-0.05, 0) is 17.5 Å². The molecular weight excluding hydrogens is 252 g/mol. The summed E-state index contributed by atoms with van der Waals surface area (Å²) in [6, 6.07) is 8.67. The molecule has 1 aromatic heterocycles. The van der Waals surface area contributed by atoms with Gasteiger partial charge in [-0.2, -0.15) is 0 Å². The zero-order valence-corrected chi connectivity index (χ0v) is 10.9. The van der Waals surface area contributed by atoms with E-state index >= 15 is 0 Å². The van der Waals surface area contributed by atoms with Gasteiger partial charge in [0.25, 0.3) is 0 Å². The molecule has 0 fully saturated rings. The lowest BCUT2D eigenvalue weighted by atomic mass is 9.78. The Bertz CT molecular complexity index is 524. The molecule has 0 saturated carbocycles. The second-order valence-corrected chi connectivity index (χ2v) is 6.04. The molecule has 1 aliphatic carbocycles. The van der Waals surface area contributed by atoms with Gasteiger partial charge >= 0.3 is 0 Å². The molecule has 3 rings (SSSR count). The first-order chi connectivity index (χ1) is 8.33. The van der Waals surface area contributed by atoms with Crippen LogP contribution in [-0.4, -0.2) is 11.5 Å². The molecule has 1 unspecified atom stereocenters. The number of nitrogens with zero attached hydrogens (tertiary/aromatic N) is 1. The molecule has 0 aliphatic heterocycles. The van der Waals surface area contributed by atoms with E-state index in [4.69, 9.17) is 11.6 Å². The van der Waals surface area contributed by atoms with Gasteiger partial charge in [-0.25, -0.2) is 4.98 Å². The van der Waals surface area contributed by atoms with Gasteiger partial charge in [-0.1, -0.05) is 35.9 Å². The summed E-state index contributed by atoms with van der Waals surface area (Å²) in [5.74, 6) is 0.668. The number of benzene rings is 1. The normalized spacial score (nSPS) is 17.6. The Hall–Kier alpha value is -0.900. The van der Waals surface area contributed by atoms with Gasteiger partial charge in [0.15, 0.2) is 0 Å². The number of aromatic nitrogens is 1. The quantitative estimate of drug-likeness (QED) is 0.917. The van der Waals surface area contributed by atoms with Gasteiger partial charge in [0, 0.05) is 19.0 Å². The Labute approximate surface area is 110 Å². The van der Waals surface area contributed by atoms with Crippen LogP contribution in [0.4, 0.5) is 0 Å². The van der Waals surface area contributed by atoms with Gasteiger partial charge in [-0.3, -0.25) is 0 Å². The molecule has 1 atom stereocenters. The molecule has 0 saturated heterocycles. The Morgan fingerprint density at radius 1 is 1.41 bits per heavy atom. The monoisotopic (exact) mass is 264 g/mol. The summed E-state index contributed by atoms with van der Waals surface area (Å²) in [6.07, 6.45) is 2.91. The van der Waals surface area contributed by atoms with Crippen molar-refractivity contribution in [3.63, 3.8) is 0 Å². The van der Waals surface area contributed by atoms with E-state index in [1.165, 1.54) is 17.5 Å². The van der Waals surface area contributed by atoms with Crippen LogP contribution in [0.3, 0.4) is 0 Å². The van der Waals surface area contributed by atoms with E-state index in [0.29, 0.717) is 5.92 Å². The summed E-state index contributed by atoms with van der Waals surface area (Å²) < 4.78 is 0.760. The van der Waals surface area contributed by atoms with Crippen molar-refractivity contribution in [3.05, 3.63) is 50.9 Å². The average molecular weight is 265 g/mol. The largest absolute Gasteiger partial charge is 0.310 e. The van der Waals surface area contributed by atoms with Gasteiger partial charge in [-0.15, -0.1) is 11.3 Å². The molecule has 0 bridgehead atoms. The van der Waals surface area contributed by atoms with Crippen LogP contribution in [0.25, 0.3) is 0 Å². The number of hydrogen-bond acceptors (Lipinski definition) is 3. The zero-order chi connectivity index (χ0) is 11.7. The average Bonchev–Trinajstić information content (AvgIpc) is 2.71. The lowest BCUT2D eigenvalue weighted by molar-refractivity contribution is 0.535. The second-order valence-electron chi connectivity index (χ2n) is 4.29. The lowest BCUT2D eigenvalue weighted by Crippen LogP contribution is -2.28. The molecule has 2 nitrogen and oxygen atoms in total. The van der Waals surface area contributed by atoms with E-state index in [9.17, 15) is 0 Å². The van der Waals surface area contributed by atoms with Crippen molar-refractivity contribution < 1.29 is 0 Å². The molecule has 0 spiro atoms. The highest BCUT2D eigenvalue weighted by Crippen LogP contribution is 2.34. The van der Waals surface area contributed by atoms with Gasteiger partial charge in [0.1, 0.15) is 9.34 Å². The molecule has 1 aromatic carbocycles. The third-order valence-electron chi connectivity index (χ3n) is 3.15. The minimum Gasteiger partial charge on any atom is -0.310 e. The molecule has 1 aliphatic rings. The second kappa shape index (κ2) is 4.77. The van der Waals surface area contributed by atoms with Crippen LogP contribution in [-0.2, 0) is 13.0 Å². The molecule has 17 heavy (non-hydrogen) atoms. The van der Waals surface area contributed by atoms with Crippen LogP contribution in [0, 0.1) is 0 Å². The van der Waals surface area contributed by atoms with Gasteiger partial charge < -0.3 is 5.32 Å². The topological polar surface area (TPSA) is 24.9 Å². The SMILES string of the molecule is Clc1cnc(CNCC2Cc3ccccc32)s1. The van der Waals surface area contributed by atoms with Gasteiger partial charge in [0.2, 0.25) is 0 Å². The van der Waals surface area contributed by atoms with E-state index in [2.05, 4.69) is 34.6 Å². The smallest absolute Gasteiger partial charge is 0.113 e. The molecule has 0 radical (unpaired) electrons. The van der Waals surface area contributed by atoms with E-state index < -0.39 is 0 Å². The molecule has 0 amide bonds. The van der Waals surface area contributed by atoms with Crippen LogP contribution in [0.5, 0.6) is 0 Å². The van der Waals surface area contributed by atoms with Crippen LogP contribution in [0.15, 0.2) is 30.5 Å². The third-order valence-corrected chi connectivity index (χ3v) is 4.27. The fraction of sp³-hybridized carbons (Fsp3) is 0.308. The van der Waals surface area contributed by atoms with Crippen molar-refractivity contribution in [1.29, 1.82) is 0 Å². The predicted molar refractivity (Wildman–Crippen MR) is 71.7 cm³/mol. The molecular formula is C13H13ClN2S. The first-order valence-corrected chi connectivity index (χ1v) is 6.91. The highest BCUT2D eigenvalue weighted by molar-refractivity contribution is 7.15. The number of hydrogen-bond donors (Lipinski definition) is 1. The zero-order valence-electron chi connectivity index (χ0n) is 9.32. The van der Waals surface area contributed by atoms with Crippen LogP contribution in [0.1, 0.15) is 22.1 Å². The summed E-state index contributed by atoms with van der Waals surface area (Å²) in [5.41, 5.74) is 2.99. The minimum atomic E-state index is 0.668. The Balaban J connectivity index is 1.51. The number of halogens is 1. The van der Waals surface area contributed by atoms with E-state index in [-0.39, 0.29) is 0 Å². The van der Waals surface area contributed by atoms with Crippen molar-refractivity contribution in [1.82, 2.24) is 10.3 Å². The van der Waals surface area contributed by atoms with E-state index in [1.54, 1.807) is 17.5 Å². The van der Waals surface area contributed by atoms with Gasteiger partial charge in [0.05, 0.1) is 6.20 Å².